The Kier molecular flexibility index (Phi) is 10.1. The highest BCUT2D eigenvalue weighted by Gasteiger charge is 2.44. The SMILES string of the molecule is CCCCC[C@H](O)/C=C\C(=C/CCCO)[C@](C)(C(=O)O)C1CCCC1. The van der Waals surface area contributed by atoms with E-state index in [1.807, 2.05) is 19.1 Å². The van der Waals surface area contributed by atoms with Crippen LogP contribution in [0.5, 0.6) is 0 Å². The van der Waals surface area contributed by atoms with E-state index in [4.69, 9.17) is 5.11 Å². The first kappa shape index (κ1) is 21.9. The van der Waals surface area contributed by atoms with E-state index in [0.717, 1.165) is 50.5 Å². The molecule has 1 aliphatic carbocycles. The zero-order valence-electron chi connectivity index (χ0n) is 15.9. The molecule has 144 valence electrons. The van der Waals surface area contributed by atoms with Gasteiger partial charge in [-0.05, 0) is 50.5 Å². The highest BCUT2D eigenvalue weighted by atomic mass is 16.4. The third kappa shape index (κ3) is 6.59. The molecule has 0 radical (unpaired) electrons. The summed E-state index contributed by atoms with van der Waals surface area (Å²) in [5, 5.41) is 29.2. The Labute approximate surface area is 152 Å². The number of aliphatic hydroxyl groups excluding tert-OH is 2. The minimum atomic E-state index is -0.925. The number of hydrogen-bond acceptors (Lipinski definition) is 3. The van der Waals surface area contributed by atoms with Crippen LogP contribution in [0.2, 0.25) is 0 Å². The second-order valence-electron chi connectivity index (χ2n) is 7.44. The molecule has 1 aliphatic rings. The summed E-state index contributed by atoms with van der Waals surface area (Å²) in [4.78, 5) is 12.2. The molecule has 25 heavy (non-hydrogen) atoms. The molecule has 0 unspecified atom stereocenters. The average molecular weight is 353 g/mol. The van der Waals surface area contributed by atoms with Crippen LogP contribution in [-0.4, -0.2) is 34.0 Å². The van der Waals surface area contributed by atoms with Crippen molar-refractivity contribution >= 4 is 5.97 Å². The topological polar surface area (TPSA) is 77.8 Å². The van der Waals surface area contributed by atoms with Crippen LogP contribution in [-0.2, 0) is 4.79 Å². The minimum Gasteiger partial charge on any atom is -0.481 e. The summed E-state index contributed by atoms with van der Waals surface area (Å²) in [7, 11) is 0. The van der Waals surface area contributed by atoms with Crippen LogP contribution in [0.15, 0.2) is 23.8 Å². The Bertz CT molecular complexity index is 449. The summed E-state index contributed by atoms with van der Waals surface area (Å²) in [5.74, 6) is -0.660. The fraction of sp³-hybridized carbons (Fsp3) is 0.762. The molecule has 4 heteroatoms. The Balaban J connectivity index is 2.96. The molecule has 1 saturated carbocycles. The quantitative estimate of drug-likeness (QED) is 0.358. The van der Waals surface area contributed by atoms with Crippen LogP contribution in [0.1, 0.15) is 78.1 Å². The highest BCUT2D eigenvalue weighted by molar-refractivity contribution is 5.79. The number of aliphatic hydroxyl groups is 2. The zero-order chi connectivity index (χ0) is 18.7. The third-order valence-electron chi connectivity index (χ3n) is 5.54. The van der Waals surface area contributed by atoms with Gasteiger partial charge in [-0.3, -0.25) is 4.79 Å². The van der Waals surface area contributed by atoms with Crippen molar-refractivity contribution < 1.29 is 20.1 Å². The summed E-state index contributed by atoms with van der Waals surface area (Å²) in [5.41, 5.74) is -0.152. The Morgan fingerprint density at radius 3 is 2.48 bits per heavy atom. The average Bonchev–Trinajstić information content (AvgIpc) is 3.12. The van der Waals surface area contributed by atoms with E-state index in [2.05, 4.69) is 6.92 Å². The maximum atomic E-state index is 12.2. The van der Waals surface area contributed by atoms with Crippen molar-refractivity contribution in [3.63, 3.8) is 0 Å². The molecule has 0 heterocycles. The molecule has 0 aromatic carbocycles. The predicted molar refractivity (Wildman–Crippen MR) is 101 cm³/mol. The van der Waals surface area contributed by atoms with Gasteiger partial charge in [-0.25, -0.2) is 0 Å². The lowest BCUT2D eigenvalue weighted by atomic mass is 9.70. The number of carboxylic acids is 1. The smallest absolute Gasteiger partial charge is 0.314 e. The van der Waals surface area contributed by atoms with Gasteiger partial charge in [-0.2, -0.15) is 0 Å². The summed E-state index contributed by atoms with van der Waals surface area (Å²) in [6, 6.07) is 0. The van der Waals surface area contributed by atoms with Gasteiger partial charge in [0, 0.05) is 6.61 Å². The number of carbonyl (C=O) groups is 1. The van der Waals surface area contributed by atoms with Gasteiger partial charge in [-0.15, -0.1) is 0 Å². The Morgan fingerprint density at radius 2 is 1.92 bits per heavy atom. The molecule has 4 nitrogen and oxygen atoms in total. The van der Waals surface area contributed by atoms with E-state index in [0.29, 0.717) is 19.3 Å². The third-order valence-corrected chi connectivity index (χ3v) is 5.54. The van der Waals surface area contributed by atoms with Crippen molar-refractivity contribution in [2.45, 2.75) is 84.2 Å². The van der Waals surface area contributed by atoms with Gasteiger partial charge in [-0.1, -0.05) is 57.3 Å². The summed E-state index contributed by atoms with van der Waals surface area (Å²) < 4.78 is 0. The largest absolute Gasteiger partial charge is 0.481 e. The maximum absolute atomic E-state index is 12.2. The van der Waals surface area contributed by atoms with Crippen molar-refractivity contribution in [3.8, 4) is 0 Å². The van der Waals surface area contributed by atoms with Crippen molar-refractivity contribution in [3.05, 3.63) is 23.8 Å². The molecule has 0 saturated heterocycles. The zero-order valence-corrected chi connectivity index (χ0v) is 15.9. The van der Waals surface area contributed by atoms with Crippen LogP contribution >= 0.6 is 0 Å². The van der Waals surface area contributed by atoms with Crippen LogP contribution in [0, 0.1) is 11.3 Å². The first-order valence-electron chi connectivity index (χ1n) is 9.87. The fourth-order valence-corrected chi connectivity index (χ4v) is 3.75. The summed E-state index contributed by atoms with van der Waals surface area (Å²) in [6.45, 7) is 4.05. The monoisotopic (exact) mass is 352 g/mol. The lowest BCUT2D eigenvalue weighted by Gasteiger charge is -2.33. The van der Waals surface area contributed by atoms with Gasteiger partial charge >= 0.3 is 5.97 Å². The van der Waals surface area contributed by atoms with Gasteiger partial charge in [0.05, 0.1) is 11.5 Å². The normalized spacial score (nSPS) is 20.1. The van der Waals surface area contributed by atoms with E-state index in [9.17, 15) is 15.0 Å². The second kappa shape index (κ2) is 11.5. The Morgan fingerprint density at radius 1 is 1.24 bits per heavy atom. The number of carboxylic acid groups (broad SMARTS) is 1. The van der Waals surface area contributed by atoms with Gasteiger partial charge in [0.1, 0.15) is 0 Å². The molecule has 1 rings (SSSR count). The Hall–Kier alpha value is -1.13. The van der Waals surface area contributed by atoms with Gasteiger partial charge in [0.2, 0.25) is 0 Å². The molecule has 0 spiro atoms. The number of aliphatic carboxylic acids is 1. The lowest BCUT2D eigenvalue weighted by molar-refractivity contribution is -0.148. The molecule has 0 amide bonds. The minimum absolute atomic E-state index is 0.0976. The first-order chi connectivity index (χ1) is 12.0. The van der Waals surface area contributed by atoms with E-state index >= 15 is 0 Å². The molecule has 0 aromatic heterocycles. The van der Waals surface area contributed by atoms with Crippen LogP contribution in [0.4, 0.5) is 0 Å². The van der Waals surface area contributed by atoms with Crippen molar-refractivity contribution in [1.82, 2.24) is 0 Å². The summed E-state index contributed by atoms with van der Waals surface area (Å²) in [6.07, 6.45) is 14.2. The van der Waals surface area contributed by atoms with Crippen molar-refractivity contribution in [1.29, 1.82) is 0 Å². The first-order valence-corrected chi connectivity index (χ1v) is 9.87. The molecular weight excluding hydrogens is 316 g/mol. The standard InChI is InChI=1S/C21H36O4/c1-3-4-5-13-19(23)15-14-18(12-8-9-16-22)21(2,20(24)25)17-10-6-7-11-17/h12,14-15,17,19,22-23H,3-11,13,16H2,1-2H3,(H,24,25)/b15-14-,18-12+/t19-,21+/m0/s1. The highest BCUT2D eigenvalue weighted by Crippen LogP contribution is 2.45. The molecule has 3 N–H and O–H groups in total. The second-order valence-corrected chi connectivity index (χ2v) is 7.44. The van der Waals surface area contributed by atoms with Gasteiger partial charge in [0.15, 0.2) is 0 Å². The predicted octanol–water partition coefficient (Wildman–Crippen LogP) is 4.46. The van der Waals surface area contributed by atoms with E-state index < -0.39 is 17.5 Å². The van der Waals surface area contributed by atoms with Gasteiger partial charge in [0.25, 0.3) is 0 Å². The van der Waals surface area contributed by atoms with Crippen LogP contribution in [0.25, 0.3) is 0 Å². The molecular formula is C21H36O4. The lowest BCUT2D eigenvalue weighted by Crippen LogP contribution is -2.36. The van der Waals surface area contributed by atoms with E-state index in [1.54, 1.807) is 6.08 Å². The van der Waals surface area contributed by atoms with Crippen LogP contribution < -0.4 is 0 Å². The number of hydrogen-bond donors (Lipinski definition) is 3. The van der Waals surface area contributed by atoms with Crippen molar-refractivity contribution in [2.75, 3.05) is 6.61 Å². The number of rotatable bonds is 12. The molecule has 0 aromatic rings. The molecule has 2 atom stereocenters. The summed E-state index contributed by atoms with van der Waals surface area (Å²) >= 11 is 0. The number of unbranched alkanes of at least 4 members (excludes halogenated alkanes) is 3. The van der Waals surface area contributed by atoms with E-state index in [1.165, 1.54) is 0 Å². The van der Waals surface area contributed by atoms with E-state index in [-0.39, 0.29) is 12.5 Å². The fourth-order valence-electron chi connectivity index (χ4n) is 3.75. The molecule has 0 bridgehead atoms. The molecule has 0 aliphatic heterocycles. The molecule has 1 fully saturated rings. The van der Waals surface area contributed by atoms with Crippen LogP contribution in [0.3, 0.4) is 0 Å². The van der Waals surface area contributed by atoms with Crippen molar-refractivity contribution in [2.24, 2.45) is 11.3 Å². The number of allylic oxidation sites excluding steroid dienone is 2. The maximum Gasteiger partial charge on any atom is 0.314 e. The van der Waals surface area contributed by atoms with Gasteiger partial charge < -0.3 is 15.3 Å².